The number of hydrogen-bond donors (Lipinski definition) is 0. The molecule has 7 aromatic carbocycles. The van der Waals surface area contributed by atoms with Crippen molar-refractivity contribution in [3.63, 3.8) is 0 Å². The molecule has 1 aliphatic rings. The zero-order chi connectivity index (χ0) is 33.6. The second-order valence-corrected chi connectivity index (χ2v) is 12.9. The van der Waals surface area contributed by atoms with Gasteiger partial charge in [0.2, 0.25) is 0 Å². The molecule has 0 saturated carbocycles. The van der Waals surface area contributed by atoms with Crippen molar-refractivity contribution in [2.45, 2.75) is 12.8 Å². The first kappa shape index (κ1) is 29.7. The average molecular weight is 642 g/mol. The summed E-state index contributed by atoms with van der Waals surface area (Å²) in [5.41, 5.74) is 9.79. The van der Waals surface area contributed by atoms with Crippen LogP contribution < -0.4 is 15.3 Å². The SMILES string of the molecule is C=C/C(=c1/ccc2ccccc2c1=C)N(C1=C(c2cccc3oc4cc5ccccc5cc4c23)C=CCC1)c1ccc(-c2ccccc2)cc1. The van der Waals surface area contributed by atoms with Crippen LogP contribution >= 0.6 is 0 Å². The van der Waals surface area contributed by atoms with Gasteiger partial charge in [0.15, 0.2) is 0 Å². The van der Waals surface area contributed by atoms with Crippen LogP contribution in [0.2, 0.25) is 0 Å². The molecule has 0 N–H and O–H groups in total. The maximum Gasteiger partial charge on any atom is 0.136 e. The van der Waals surface area contributed by atoms with Crippen LogP contribution in [0.5, 0.6) is 0 Å². The molecular weight excluding hydrogens is 607 g/mol. The van der Waals surface area contributed by atoms with Crippen LogP contribution in [0, 0.1) is 0 Å². The summed E-state index contributed by atoms with van der Waals surface area (Å²) in [5.74, 6) is 0. The molecule has 0 radical (unpaired) electrons. The summed E-state index contributed by atoms with van der Waals surface area (Å²) in [7, 11) is 0. The summed E-state index contributed by atoms with van der Waals surface area (Å²) in [6.45, 7) is 9.04. The molecule has 0 atom stereocenters. The van der Waals surface area contributed by atoms with Crippen LogP contribution in [0.15, 0.2) is 181 Å². The summed E-state index contributed by atoms with van der Waals surface area (Å²) in [4.78, 5) is 2.41. The van der Waals surface area contributed by atoms with Crippen LogP contribution in [0.1, 0.15) is 18.4 Å². The van der Waals surface area contributed by atoms with Gasteiger partial charge in [-0.1, -0.05) is 141 Å². The molecule has 0 unspecified atom stereocenters. The van der Waals surface area contributed by atoms with Crippen molar-refractivity contribution in [2.24, 2.45) is 0 Å². The Morgan fingerprint density at radius 1 is 0.640 bits per heavy atom. The van der Waals surface area contributed by atoms with Gasteiger partial charge in [0.1, 0.15) is 11.2 Å². The van der Waals surface area contributed by atoms with Crippen molar-refractivity contribution in [3.05, 3.63) is 192 Å². The van der Waals surface area contributed by atoms with Crippen LogP contribution in [0.25, 0.3) is 72.5 Å². The lowest BCUT2D eigenvalue weighted by molar-refractivity contribution is 0.669. The quantitative estimate of drug-likeness (QED) is 0.180. The molecule has 0 spiro atoms. The van der Waals surface area contributed by atoms with E-state index in [9.17, 15) is 0 Å². The van der Waals surface area contributed by atoms with Crippen LogP contribution in [0.4, 0.5) is 5.69 Å². The zero-order valence-corrected chi connectivity index (χ0v) is 27.8. The number of hydrogen-bond acceptors (Lipinski definition) is 2. The Kier molecular flexibility index (Phi) is 7.29. The van der Waals surface area contributed by atoms with Crippen molar-refractivity contribution < 1.29 is 4.42 Å². The van der Waals surface area contributed by atoms with Crippen molar-refractivity contribution >= 4 is 67.0 Å². The van der Waals surface area contributed by atoms with Gasteiger partial charge in [-0.2, -0.15) is 0 Å². The number of furan rings is 1. The molecule has 1 aromatic heterocycles. The predicted molar refractivity (Wildman–Crippen MR) is 213 cm³/mol. The molecule has 0 fully saturated rings. The molecule has 0 saturated heterocycles. The molecule has 2 heteroatoms. The summed E-state index contributed by atoms with van der Waals surface area (Å²) in [6.07, 6.45) is 8.38. The van der Waals surface area contributed by atoms with Crippen LogP contribution in [-0.2, 0) is 0 Å². The van der Waals surface area contributed by atoms with E-state index in [1.807, 2.05) is 6.08 Å². The Morgan fingerprint density at radius 2 is 1.36 bits per heavy atom. The third-order valence-electron chi connectivity index (χ3n) is 10.1. The van der Waals surface area contributed by atoms with Crippen molar-refractivity contribution in [2.75, 3.05) is 4.90 Å². The Labute approximate surface area is 291 Å². The zero-order valence-electron chi connectivity index (χ0n) is 27.8. The predicted octanol–water partition coefficient (Wildman–Crippen LogP) is 11.5. The molecular formula is C48H35NO. The van der Waals surface area contributed by atoms with E-state index >= 15 is 0 Å². The molecule has 0 bridgehead atoms. The van der Waals surface area contributed by atoms with E-state index in [1.165, 1.54) is 38.6 Å². The number of anilines is 1. The number of nitrogens with zero attached hydrogens (tertiary/aromatic N) is 1. The second-order valence-electron chi connectivity index (χ2n) is 12.9. The van der Waals surface area contributed by atoms with E-state index in [2.05, 4.69) is 176 Å². The molecule has 50 heavy (non-hydrogen) atoms. The van der Waals surface area contributed by atoms with Gasteiger partial charge in [-0.25, -0.2) is 0 Å². The minimum absolute atomic E-state index is 0.860. The van der Waals surface area contributed by atoms with Gasteiger partial charge in [-0.15, -0.1) is 0 Å². The van der Waals surface area contributed by atoms with Crippen LogP contribution in [-0.4, -0.2) is 0 Å². The lowest BCUT2D eigenvalue weighted by Gasteiger charge is -2.32. The Hall–Kier alpha value is -6.38. The minimum atomic E-state index is 0.860. The second kappa shape index (κ2) is 12.3. The fraction of sp³-hybridized carbons (Fsp3) is 0.0417. The highest BCUT2D eigenvalue weighted by molar-refractivity contribution is 6.15. The summed E-state index contributed by atoms with van der Waals surface area (Å²) < 4.78 is 6.53. The Morgan fingerprint density at radius 3 is 2.16 bits per heavy atom. The standard InChI is InChI=1S/C48H35NO/c1-3-44(40-29-26-35-16-9-10-19-39(35)32(40)2)49(38-27-24-34(25-28-38)33-14-5-4-6-15-33)45-22-12-11-20-41(45)42-21-13-23-46-48(42)43-30-36-17-7-8-18-37(36)31-47(43)50-46/h3-11,13-21,23-31H,1-2,12,22H2/b44-40+. The van der Waals surface area contributed by atoms with E-state index in [0.29, 0.717) is 0 Å². The fourth-order valence-electron chi connectivity index (χ4n) is 7.64. The number of benzene rings is 7. The topological polar surface area (TPSA) is 16.4 Å². The summed E-state index contributed by atoms with van der Waals surface area (Å²) in [6, 6.07) is 51.7. The molecule has 9 rings (SSSR count). The Balaban J connectivity index is 1.33. The van der Waals surface area contributed by atoms with Crippen molar-refractivity contribution in [3.8, 4) is 11.1 Å². The average Bonchev–Trinajstić information content (AvgIpc) is 3.54. The number of allylic oxidation sites excluding steroid dienone is 4. The minimum Gasteiger partial charge on any atom is -0.456 e. The number of rotatable bonds is 6. The first-order valence-corrected chi connectivity index (χ1v) is 17.2. The highest BCUT2D eigenvalue weighted by atomic mass is 16.3. The highest BCUT2D eigenvalue weighted by Crippen LogP contribution is 2.42. The van der Waals surface area contributed by atoms with Crippen molar-refractivity contribution in [1.82, 2.24) is 0 Å². The van der Waals surface area contributed by atoms with E-state index in [4.69, 9.17) is 4.42 Å². The van der Waals surface area contributed by atoms with Gasteiger partial charge in [0.25, 0.3) is 0 Å². The van der Waals surface area contributed by atoms with E-state index < -0.39 is 0 Å². The van der Waals surface area contributed by atoms with Gasteiger partial charge in [0, 0.05) is 32.9 Å². The van der Waals surface area contributed by atoms with Gasteiger partial charge >= 0.3 is 0 Å². The smallest absolute Gasteiger partial charge is 0.136 e. The van der Waals surface area contributed by atoms with Gasteiger partial charge in [-0.3, -0.25) is 0 Å². The molecule has 2 nitrogen and oxygen atoms in total. The van der Waals surface area contributed by atoms with Crippen LogP contribution in [0.3, 0.4) is 0 Å². The van der Waals surface area contributed by atoms with Gasteiger partial charge in [-0.05, 0) is 92.7 Å². The third kappa shape index (κ3) is 4.96. The number of fused-ring (bicyclic) bond motifs is 5. The molecule has 0 amide bonds. The Bertz CT molecular complexity index is 2780. The van der Waals surface area contributed by atoms with Gasteiger partial charge < -0.3 is 9.32 Å². The molecule has 238 valence electrons. The van der Waals surface area contributed by atoms with E-state index in [0.717, 1.165) is 67.6 Å². The molecule has 1 heterocycles. The summed E-state index contributed by atoms with van der Waals surface area (Å²) >= 11 is 0. The molecule has 1 aliphatic carbocycles. The fourth-order valence-corrected chi connectivity index (χ4v) is 7.64. The molecule has 8 aromatic rings. The lowest BCUT2D eigenvalue weighted by atomic mass is 9.91. The first-order valence-electron chi connectivity index (χ1n) is 17.2. The first-order chi connectivity index (χ1) is 24.7. The maximum absolute atomic E-state index is 6.53. The third-order valence-corrected chi connectivity index (χ3v) is 10.1. The maximum atomic E-state index is 6.53. The van der Waals surface area contributed by atoms with Gasteiger partial charge in [0.05, 0.1) is 5.70 Å². The normalized spacial score (nSPS) is 13.8. The van der Waals surface area contributed by atoms with E-state index in [1.54, 1.807) is 0 Å². The molecule has 0 aliphatic heterocycles. The monoisotopic (exact) mass is 641 g/mol. The highest BCUT2D eigenvalue weighted by Gasteiger charge is 2.24. The largest absolute Gasteiger partial charge is 0.456 e. The summed E-state index contributed by atoms with van der Waals surface area (Å²) in [5, 5.41) is 9.01. The lowest BCUT2D eigenvalue weighted by Crippen LogP contribution is -2.34. The van der Waals surface area contributed by atoms with Crippen molar-refractivity contribution in [1.29, 1.82) is 0 Å². The van der Waals surface area contributed by atoms with E-state index in [-0.39, 0.29) is 0 Å².